The fourth-order valence-electron chi connectivity index (χ4n) is 3.04. The number of benzene rings is 1. The highest BCUT2D eigenvalue weighted by Crippen LogP contribution is 2.28. The minimum Gasteiger partial charge on any atom is -0.493 e. The van der Waals surface area contributed by atoms with Crippen molar-refractivity contribution in [3.05, 3.63) is 65.6 Å². The van der Waals surface area contributed by atoms with Crippen molar-refractivity contribution < 1.29 is 29.9 Å². The first-order valence-corrected chi connectivity index (χ1v) is 12.5. The Bertz CT molecular complexity index is 1340. The van der Waals surface area contributed by atoms with Gasteiger partial charge in [0, 0.05) is 20.2 Å². The van der Waals surface area contributed by atoms with Crippen LogP contribution in [0, 0.1) is 18.7 Å². The van der Waals surface area contributed by atoms with Crippen LogP contribution in [0.25, 0.3) is 11.3 Å². The lowest BCUT2D eigenvalue weighted by molar-refractivity contribution is 0.0974. The minimum atomic E-state index is -4.22. The molecule has 3 rings (SSSR count). The van der Waals surface area contributed by atoms with E-state index in [9.17, 15) is 17.6 Å². The van der Waals surface area contributed by atoms with Gasteiger partial charge in [0.05, 0.1) is 18.4 Å². The Balaban J connectivity index is 0.00000342. The van der Waals surface area contributed by atoms with E-state index in [-0.39, 0.29) is 31.3 Å². The van der Waals surface area contributed by atoms with Crippen molar-refractivity contribution in [1.82, 2.24) is 14.7 Å². The van der Waals surface area contributed by atoms with Crippen LogP contribution in [0.5, 0.6) is 11.6 Å². The molecule has 0 saturated carbocycles. The van der Waals surface area contributed by atoms with E-state index in [4.69, 9.17) is 9.47 Å². The van der Waals surface area contributed by atoms with E-state index < -0.39 is 21.7 Å². The van der Waals surface area contributed by atoms with Gasteiger partial charge >= 0.3 is 0 Å². The lowest BCUT2D eigenvalue weighted by Crippen LogP contribution is -2.32. The van der Waals surface area contributed by atoms with Gasteiger partial charge < -0.3 is 9.47 Å². The summed E-state index contributed by atoms with van der Waals surface area (Å²) < 4.78 is 52.9. The maximum absolute atomic E-state index is 14.3. The average molecular weight is 506 g/mol. The summed E-state index contributed by atoms with van der Waals surface area (Å²) in [6, 6.07) is 11.5. The zero-order valence-corrected chi connectivity index (χ0v) is 21.0. The number of ether oxygens (including phenoxy) is 2. The summed E-state index contributed by atoms with van der Waals surface area (Å²) in [5, 5.41) is -0.282. The van der Waals surface area contributed by atoms with Crippen LogP contribution < -0.4 is 14.2 Å². The minimum absolute atomic E-state index is 0. The fourth-order valence-corrected chi connectivity index (χ4v) is 4.02. The van der Waals surface area contributed by atoms with Crippen molar-refractivity contribution >= 4 is 15.9 Å². The van der Waals surface area contributed by atoms with Gasteiger partial charge in [0.25, 0.3) is 15.9 Å². The second-order valence-electron chi connectivity index (χ2n) is 8.65. The Labute approximate surface area is 207 Å². The van der Waals surface area contributed by atoms with Crippen LogP contribution in [-0.2, 0) is 10.0 Å². The number of sulfonamides is 1. The molecule has 1 aromatic carbocycles. The number of carbonyl (C=O) groups is 1. The molecule has 3 aromatic rings. The lowest BCUT2D eigenvalue weighted by atomic mass is 10.1. The number of aromatic nitrogens is 2. The van der Waals surface area contributed by atoms with E-state index in [1.807, 2.05) is 18.6 Å². The summed E-state index contributed by atoms with van der Waals surface area (Å²) in [6.45, 7) is 9.50. The highest BCUT2D eigenvalue weighted by Gasteiger charge is 2.24. The molecule has 2 heterocycles. The molecule has 0 radical (unpaired) electrons. The van der Waals surface area contributed by atoms with E-state index in [1.54, 1.807) is 32.9 Å². The second-order valence-corrected chi connectivity index (χ2v) is 10.3. The number of aryl methyl sites for hydroxylation is 1. The molecule has 0 unspecified atom stereocenters. The quantitative estimate of drug-likeness (QED) is 0.435. The highest BCUT2D eigenvalue weighted by atomic mass is 32.2. The summed E-state index contributed by atoms with van der Waals surface area (Å²) in [7, 11) is -4.22. The molecule has 0 aliphatic carbocycles. The monoisotopic (exact) mass is 505 g/mol. The van der Waals surface area contributed by atoms with Crippen LogP contribution in [0.3, 0.4) is 0 Å². The topological polar surface area (TPSA) is 107 Å². The number of rotatable bonds is 9. The molecule has 1 amide bonds. The van der Waals surface area contributed by atoms with E-state index in [2.05, 4.69) is 9.97 Å². The van der Waals surface area contributed by atoms with Crippen LogP contribution in [0.1, 0.15) is 46.6 Å². The third kappa shape index (κ3) is 6.98. The normalized spacial score (nSPS) is 11.5. The van der Waals surface area contributed by atoms with Gasteiger partial charge in [-0.05, 0) is 63.1 Å². The Morgan fingerprint density at radius 2 is 1.83 bits per heavy atom. The van der Waals surface area contributed by atoms with Crippen molar-refractivity contribution in [2.24, 2.45) is 5.92 Å². The van der Waals surface area contributed by atoms with E-state index >= 15 is 0 Å². The summed E-state index contributed by atoms with van der Waals surface area (Å²) in [6.07, 6.45) is -0.364. The third-order valence-corrected chi connectivity index (χ3v) is 5.80. The van der Waals surface area contributed by atoms with Crippen LogP contribution >= 0.6 is 0 Å². The number of pyridine rings is 2. The number of halogens is 1. The third-order valence-electron chi connectivity index (χ3n) is 4.57. The summed E-state index contributed by atoms with van der Waals surface area (Å²) >= 11 is 0. The summed E-state index contributed by atoms with van der Waals surface area (Å²) in [5.41, 5.74) is 1.14. The van der Waals surface area contributed by atoms with Gasteiger partial charge in [-0.25, -0.2) is 19.1 Å². The SMILES string of the molecule is Cc1cccc(S(=O)(=O)NC(=O)c2ccc(-c3cc(F)cc(OCC(C)C)c3)nc2OC(C)C)n1.[HH].[HH]. The highest BCUT2D eigenvalue weighted by molar-refractivity contribution is 7.90. The van der Waals surface area contributed by atoms with Crippen LogP contribution in [0.2, 0.25) is 0 Å². The molecule has 1 N–H and O–H groups in total. The maximum Gasteiger partial charge on any atom is 0.281 e. The van der Waals surface area contributed by atoms with Gasteiger partial charge in [0.1, 0.15) is 17.1 Å². The largest absolute Gasteiger partial charge is 0.493 e. The maximum atomic E-state index is 14.3. The Hall–Kier alpha value is -3.53. The van der Waals surface area contributed by atoms with E-state index in [0.717, 1.165) is 0 Å². The Morgan fingerprint density at radius 1 is 1.09 bits per heavy atom. The molecule has 0 spiro atoms. The lowest BCUT2D eigenvalue weighted by Gasteiger charge is -2.15. The molecule has 0 atom stereocenters. The molecule has 10 heteroatoms. The molecule has 0 saturated heterocycles. The van der Waals surface area contributed by atoms with E-state index in [0.29, 0.717) is 29.3 Å². The molecular weight excluding hydrogens is 473 g/mol. The number of hydrogen-bond acceptors (Lipinski definition) is 7. The Kier molecular flexibility index (Phi) is 8.06. The average Bonchev–Trinajstić information content (AvgIpc) is 2.76. The molecule has 190 valence electrons. The molecule has 35 heavy (non-hydrogen) atoms. The number of nitrogens with zero attached hydrogens (tertiary/aromatic N) is 2. The van der Waals surface area contributed by atoms with Gasteiger partial charge in [-0.1, -0.05) is 19.9 Å². The second kappa shape index (κ2) is 10.8. The summed E-state index contributed by atoms with van der Waals surface area (Å²) in [5.74, 6) is -0.914. The zero-order valence-electron chi connectivity index (χ0n) is 20.2. The molecule has 0 aliphatic rings. The zero-order chi connectivity index (χ0) is 25.8. The predicted octanol–water partition coefficient (Wildman–Crippen LogP) is 5.02. The van der Waals surface area contributed by atoms with Crippen molar-refractivity contribution in [3.8, 4) is 22.9 Å². The first kappa shape index (κ1) is 26.1. The number of hydrogen-bond donors (Lipinski definition) is 1. The van der Waals surface area contributed by atoms with Gasteiger partial charge in [-0.2, -0.15) is 8.42 Å². The van der Waals surface area contributed by atoms with Crippen molar-refractivity contribution in [1.29, 1.82) is 0 Å². The van der Waals surface area contributed by atoms with Gasteiger partial charge in [-0.3, -0.25) is 4.79 Å². The first-order chi connectivity index (χ1) is 16.4. The van der Waals surface area contributed by atoms with E-state index in [1.165, 1.54) is 36.4 Å². The fraction of sp³-hybridized carbons (Fsp3) is 0.320. The van der Waals surface area contributed by atoms with Gasteiger partial charge in [0.15, 0.2) is 5.03 Å². The molecule has 0 aliphatic heterocycles. The molecule has 0 fully saturated rings. The van der Waals surface area contributed by atoms with Crippen LogP contribution in [-0.4, -0.2) is 37.0 Å². The van der Waals surface area contributed by atoms with Crippen molar-refractivity contribution in [3.63, 3.8) is 0 Å². The first-order valence-electron chi connectivity index (χ1n) is 11.1. The van der Waals surface area contributed by atoms with Gasteiger partial charge in [-0.15, -0.1) is 0 Å². The standard InChI is InChI=1S/C25H28FN3O5S.2H2/c1-15(2)14-33-20-12-18(11-19(26)13-20)22-10-9-21(25(28-22)34-16(3)4)24(30)29-35(31,32)23-8-6-7-17(5)27-23;;/h6-13,15-16H,14H2,1-5H3,(H,29,30);2*1H. The number of carbonyl (C=O) groups excluding carboxylic acids is 1. The van der Waals surface area contributed by atoms with Crippen molar-refractivity contribution in [2.45, 2.75) is 45.7 Å². The molecule has 0 bridgehead atoms. The van der Waals surface area contributed by atoms with Crippen LogP contribution in [0.15, 0.2) is 53.6 Å². The molecular formula is C25H32FN3O5S. The van der Waals surface area contributed by atoms with Crippen LogP contribution in [0.4, 0.5) is 4.39 Å². The Morgan fingerprint density at radius 3 is 2.49 bits per heavy atom. The molecule has 2 aromatic heterocycles. The van der Waals surface area contributed by atoms with Crippen molar-refractivity contribution in [2.75, 3.05) is 6.61 Å². The number of amides is 1. The molecule has 8 nitrogen and oxygen atoms in total. The van der Waals surface area contributed by atoms with Gasteiger partial charge in [0.2, 0.25) is 5.88 Å². The summed E-state index contributed by atoms with van der Waals surface area (Å²) in [4.78, 5) is 21.3. The predicted molar refractivity (Wildman–Crippen MR) is 134 cm³/mol. The number of nitrogens with one attached hydrogen (secondary N) is 1. The smallest absolute Gasteiger partial charge is 0.281 e.